The van der Waals surface area contributed by atoms with Gasteiger partial charge < -0.3 is 5.32 Å². The SMILES string of the molecule is CNC(=O)CCn1nc(C(F)(F)F)c(Br)c1C1CC1. The number of halogens is 4. The number of rotatable bonds is 4. The molecule has 19 heavy (non-hydrogen) atoms. The Labute approximate surface area is 116 Å². The molecule has 4 nitrogen and oxygen atoms in total. The zero-order chi connectivity index (χ0) is 14.2. The third-order valence-corrected chi connectivity index (χ3v) is 3.78. The maximum atomic E-state index is 12.8. The van der Waals surface area contributed by atoms with Gasteiger partial charge in [0.15, 0.2) is 5.69 Å². The fourth-order valence-corrected chi connectivity index (χ4v) is 2.72. The Kier molecular flexibility index (Phi) is 3.89. The van der Waals surface area contributed by atoms with Crippen LogP contribution in [0.1, 0.15) is 36.6 Å². The van der Waals surface area contributed by atoms with Crippen LogP contribution in [0.3, 0.4) is 0 Å². The summed E-state index contributed by atoms with van der Waals surface area (Å²) >= 11 is 3.00. The molecule has 106 valence electrons. The van der Waals surface area contributed by atoms with E-state index >= 15 is 0 Å². The molecule has 0 bridgehead atoms. The molecule has 2 rings (SSSR count). The second-order valence-electron chi connectivity index (χ2n) is 4.47. The number of hydrogen-bond acceptors (Lipinski definition) is 2. The molecule has 1 fully saturated rings. The highest BCUT2D eigenvalue weighted by Crippen LogP contribution is 2.46. The minimum absolute atomic E-state index is 0.0133. The van der Waals surface area contributed by atoms with Crippen molar-refractivity contribution in [3.05, 3.63) is 15.9 Å². The van der Waals surface area contributed by atoms with Crippen LogP contribution in [0, 0.1) is 0 Å². The van der Waals surface area contributed by atoms with Crippen molar-refractivity contribution in [2.24, 2.45) is 0 Å². The predicted molar refractivity (Wildman–Crippen MR) is 65.6 cm³/mol. The van der Waals surface area contributed by atoms with Crippen LogP contribution < -0.4 is 5.32 Å². The van der Waals surface area contributed by atoms with Gasteiger partial charge in [0, 0.05) is 19.4 Å². The molecule has 0 unspecified atom stereocenters. The molecule has 1 aromatic rings. The Morgan fingerprint density at radius 3 is 2.63 bits per heavy atom. The summed E-state index contributed by atoms with van der Waals surface area (Å²) in [5, 5.41) is 6.05. The Bertz CT molecular complexity index is 494. The number of hydrogen-bond donors (Lipinski definition) is 1. The maximum Gasteiger partial charge on any atom is 0.436 e. The molecule has 1 aromatic heterocycles. The summed E-state index contributed by atoms with van der Waals surface area (Å²) < 4.78 is 39.7. The maximum absolute atomic E-state index is 12.8. The van der Waals surface area contributed by atoms with Gasteiger partial charge in [-0.1, -0.05) is 0 Å². The molecular formula is C11H13BrF3N3O. The van der Waals surface area contributed by atoms with Crippen molar-refractivity contribution in [2.45, 2.75) is 37.9 Å². The van der Waals surface area contributed by atoms with E-state index < -0.39 is 11.9 Å². The summed E-state index contributed by atoms with van der Waals surface area (Å²) in [6.07, 6.45) is -2.65. The van der Waals surface area contributed by atoms with Crippen molar-refractivity contribution >= 4 is 21.8 Å². The Hall–Kier alpha value is -1.05. The summed E-state index contributed by atoms with van der Waals surface area (Å²) in [5.74, 6) is -0.107. The molecule has 0 aromatic carbocycles. The molecule has 1 N–H and O–H groups in total. The Balaban J connectivity index is 2.28. The lowest BCUT2D eigenvalue weighted by Crippen LogP contribution is -2.20. The highest BCUT2D eigenvalue weighted by atomic mass is 79.9. The van der Waals surface area contributed by atoms with E-state index in [4.69, 9.17) is 0 Å². The van der Waals surface area contributed by atoms with Gasteiger partial charge in [-0.3, -0.25) is 9.48 Å². The average Bonchev–Trinajstić information content (AvgIpc) is 3.09. The summed E-state index contributed by atoms with van der Waals surface area (Å²) in [7, 11) is 1.49. The number of aryl methyl sites for hydroxylation is 1. The fourth-order valence-electron chi connectivity index (χ4n) is 1.88. The quantitative estimate of drug-likeness (QED) is 0.916. The molecule has 0 atom stereocenters. The van der Waals surface area contributed by atoms with E-state index in [9.17, 15) is 18.0 Å². The highest BCUT2D eigenvalue weighted by Gasteiger charge is 2.41. The average molecular weight is 340 g/mol. The van der Waals surface area contributed by atoms with Gasteiger partial charge in [-0.25, -0.2) is 0 Å². The monoisotopic (exact) mass is 339 g/mol. The number of nitrogens with one attached hydrogen (secondary N) is 1. The van der Waals surface area contributed by atoms with E-state index in [-0.39, 0.29) is 29.3 Å². The van der Waals surface area contributed by atoms with E-state index in [1.54, 1.807) is 0 Å². The zero-order valence-electron chi connectivity index (χ0n) is 10.2. The topological polar surface area (TPSA) is 46.9 Å². The van der Waals surface area contributed by atoms with Crippen LogP contribution in [0.2, 0.25) is 0 Å². The van der Waals surface area contributed by atoms with Crippen LogP contribution in [0.5, 0.6) is 0 Å². The molecule has 0 spiro atoms. The molecule has 0 radical (unpaired) electrons. The number of amides is 1. The molecule has 1 aliphatic carbocycles. The molecule has 0 saturated heterocycles. The predicted octanol–water partition coefficient (Wildman–Crippen LogP) is 2.68. The van der Waals surface area contributed by atoms with Crippen molar-refractivity contribution < 1.29 is 18.0 Å². The van der Waals surface area contributed by atoms with Gasteiger partial charge in [-0.05, 0) is 28.8 Å². The summed E-state index contributed by atoms with van der Waals surface area (Å²) in [6.45, 7) is 0.153. The van der Waals surface area contributed by atoms with E-state index in [2.05, 4.69) is 26.3 Å². The van der Waals surface area contributed by atoms with Crippen LogP contribution >= 0.6 is 15.9 Å². The summed E-state index contributed by atoms with van der Waals surface area (Å²) in [6, 6.07) is 0. The lowest BCUT2D eigenvalue weighted by atomic mass is 10.2. The van der Waals surface area contributed by atoms with E-state index in [0.29, 0.717) is 5.69 Å². The van der Waals surface area contributed by atoms with E-state index in [1.165, 1.54) is 11.7 Å². The van der Waals surface area contributed by atoms with E-state index in [1.807, 2.05) is 0 Å². The van der Waals surface area contributed by atoms with Crippen molar-refractivity contribution in [1.29, 1.82) is 0 Å². The van der Waals surface area contributed by atoms with Crippen LogP contribution in [-0.2, 0) is 17.5 Å². The number of nitrogens with zero attached hydrogens (tertiary/aromatic N) is 2. The minimum atomic E-state index is -4.49. The molecule has 1 aliphatic rings. The molecule has 1 saturated carbocycles. The third kappa shape index (κ3) is 3.10. The second kappa shape index (κ2) is 5.15. The number of carbonyl (C=O) groups excluding carboxylic acids is 1. The first-order valence-corrected chi connectivity index (χ1v) is 6.68. The van der Waals surface area contributed by atoms with Crippen molar-refractivity contribution in [1.82, 2.24) is 15.1 Å². The summed E-state index contributed by atoms with van der Waals surface area (Å²) in [4.78, 5) is 11.2. The summed E-state index contributed by atoms with van der Waals surface area (Å²) in [5.41, 5.74) is -0.359. The normalized spacial score (nSPS) is 15.6. The van der Waals surface area contributed by atoms with Crippen molar-refractivity contribution in [3.63, 3.8) is 0 Å². The molecule has 8 heteroatoms. The van der Waals surface area contributed by atoms with Gasteiger partial charge in [0.05, 0.1) is 16.7 Å². The van der Waals surface area contributed by atoms with Crippen LogP contribution in [0.15, 0.2) is 4.47 Å². The first-order valence-electron chi connectivity index (χ1n) is 5.88. The molecular weight excluding hydrogens is 327 g/mol. The first-order chi connectivity index (χ1) is 8.84. The van der Waals surface area contributed by atoms with Crippen LogP contribution in [0.4, 0.5) is 13.2 Å². The lowest BCUT2D eigenvalue weighted by Gasteiger charge is -2.06. The largest absolute Gasteiger partial charge is 0.436 e. The van der Waals surface area contributed by atoms with E-state index in [0.717, 1.165) is 12.8 Å². The third-order valence-electron chi connectivity index (χ3n) is 2.99. The Morgan fingerprint density at radius 2 is 2.16 bits per heavy atom. The fraction of sp³-hybridized carbons (Fsp3) is 0.636. The van der Waals surface area contributed by atoms with Gasteiger partial charge in [0.2, 0.25) is 5.91 Å². The zero-order valence-corrected chi connectivity index (χ0v) is 11.8. The van der Waals surface area contributed by atoms with Crippen LogP contribution in [0.25, 0.3) is 0 Å². The smallest absolute Gasteiger partial charge is 0.359 e. The lowest BCUT2D eigenvalue weighted by molar-refractivity contribution is -0.142. The first kappa shape index (κ1) is 14.4. The van der Waals surface area contributed by atoms with Gasteiger partial charge >= 0.3 is 6.18 Å². The second-order valence-corrected chi connectivity index (χ2v) is 5.26. The number of aromatic nitrogens is 2. The van der Waals surface area contributed by atoms with Gasteiger partial charge in [0.25, 0.3) is 0 Å². The van der Waals surface area contributed by atoms with Crippen molar-refractivity contribution in [3.8, 4) is 0 Å². The number of carbonyl (C=O) groups is 1. The molecule has 1 heterocycles. The van der Waals surface area contributed by atoms with Crippen molar-refractivity contribution in [2.75, 3.05) is 7.05 Å². The van der Waals surface area contributed by atoms with Gasteiger partial charge in [-0.2, -0.15) is 18.3 Å². The number of alkyl halides is 3. The van der Waals surface area contributed by atoms with Crippen LogP contribution in [-0.4, -0.2) is 22.7 Å². The van der Waals surface area contributed by atoms with Gasteiger partial charge in [-0.15, -0.1) is 0 Å². The van der Waals surface area contributed by atoms with Gasteiger partial charge in [0.1, 0.15) is 0 Å². The Morgan fingerprint density at radius 1 is 1.53 bits per heavy atom. The standard InChI is InChI=1S/C11H13BrF3N3O/c1-16-7(19)4-5-18-9(6-2-3-6)8(12)10(17-18)11(13,14)15/h6H,2-5H2,1H3,(H,16,19). The molecule has 0 aliphatic heterocycles. The molecule has 1 amide bonds. The highest BCUT2D eigenvalue weighted by molar-refractivity contribution is 9.10. The minimum Gasteiger partial charge on any atom is -0.359 e.